The van der Waals surface area contributed by atoms with Gasteiger partial charge < -0.3 is 13.7 Å². The van der Waals surface area contributed by atoms with Gasteiger partial charge in [-0.15, -0.1) is 0 Å². The van der Waals surface area contributed by atoms with E-state index in [1.807, 2.05) is 0 Å². The Morgan fingerprint density at radius 3 is 2.59 bits per heavy atom. The van der Waals surface area contributed by atoms with Crippen molar-refractivity contribution >= 4 is 21.8 Å². The van der Waals surface area contributed by atoms with E-state index in [0.29, 0.717) is 28.3 Å². The number of amides is 1. The molecule has 0 fully saturated rings. The molecule has 2 aromatic heterocycles. The number of nitrogens with zero attached hydrogens (tertiary/aromatic N) is 1. The highest BCUT2D eigenvalue weighted by Crippen LogP contribution is 2.35. The molecular formula is C19H21N3O6S. The van der Waals surface area contributed by atoms with Gasteiger partial charge in [-0.1, -0.05) is 11.2 Å². The van der Waals surface area contributed by atoms with E-state index in [-0.39, 0.29) is 29.0 Å². The van der Waals surface area contributed by atoms with Crippen molar-refractivity contribution < 1.29 is 26.9 Å². The molecule has 0 radical (unpaired) electrons. The van der Waals surface area contributed by atoms with E-state index in [1.165, 1.54) is 26.2 Å². The Balaban J connectivity index is 1.99. The highest BCUT2D eigenvalue weighted by atomic mass is 32.2. The second-order valence-corrected chi connectivity index (χ2v) is 8.09. The van der Waals surface area contributed by atoms with Crippen LogP contribution < -0.4 is 14.8 Å². The van der Waals surface area contributed by atoms with E-state index in [4.69, 9.17) is 13.7 Å². The van der Waals surface area contributed by atoms with Crippen LogP contribution in [0.2, 0.25) is 0 Å². The van der Waals surface area contributed by atoms with Gasteiger partial charge in [0.05, 0.1) is 24.9 Å². The number of hydrogen-bond donors (Lipinski definition) is 2. The molecule has 29 heavy (non-hydrogen) atoms. The van der Waals surface area contributed by atoms with Crippen molar-refractivity contribution in [1.82, 2.24) is 9.88 Å². The van der Waals surface area contributed by atoms with Crippen molar-refractivity contribution in [1.29, 1.82) is 0 Å². The minimum absolute atomic E-state index is 0.00695. The standard InChI is InChI=1S/C19H21N3O6S/c1-11-5-7-15(27-11)10-20-29(24,25)17-9-14(6-8-16(17)26-4)18-12(2)22-28-19(18)21-13(3)23/h5-9,20H,10H2,1-4H3,(H,21,23). The number of ether oxygens (including phenoxy) is 1. The minimum atomic E-state index is -3.93. The summed E-state index contributed by atoms with van der Waals surface area (Å²) in [5.74, 6) is 1.16. The van der Waals surface area contributed by atoms with Crippen molar-refractivity contribution in [2.24, 2.45) is 0 Å². The third-order valence-corrected chi connectivity index (χ3v) is 5.55. The molecule has 0 aliphatic carbocycles. The summed E-state index contributed by atoms with van der Waals surface area (Å²) < 4.78 is 44.1. The normalized spacial score (nSPS) is 11.4. The first kappa shape index (κ1) is 20.6. The molecule has 0 spiro atoms. The highest BCUT2D eigenvalue weighted by molar-refractivity contribution is 7.89. The lowest BCUT2D eigenvalue weighted by molar-refractivity contribution is -0.114. The van der Waals surface area contributed by atoms with Crippen molar-refractivity contribution in [2.45, 2.75) is 32.2 Å². The molecule has 0 unspecified atom stereocenters. The maximum absolute atomic E-state index is 12.9. The molecule has 10 heteroatoms. The van der Waals surface area contributed by atoms with Crippen LogP contribution >= 0.6 is 0 Å². The number of sulfonamides is 1. The Morgan fingerprint density at radius 2 is 1.97 bits per heavy atom. The summed E-state index contributed by atoms with van der Waals surface area (Å²) in [4.78, 5) is 11.4. The summed E-state index contributed by atoms with van der Waals surface area (Å²) in [5.41, 5.74) is 1.49. The Labute approximate surface area is 168 Å². The number of aromatic nitrogens is 1. The van der Waals surface area contributed by atoms with E-state index in [1.54, 1.807) is 32.0 Å². The van der Waals surface area contributed by atoms with Gasteiger partial charge >= 0.3 is 0 Å². The minimum Gasteiger partial charge on any atom is -0.495 e. The molecule has 3 aromatic rings. The topological polar surface area (TPSA) is 124 Å². The van der Waals surface area contributed by atoms with Gasteiger partial charge in [-0.3, -0.25) is 10.1 Å². The van der Waals surface area contributed by atoms with Gasteiger partial charge in [-0.25, -0.2) is 13.1 Å². The number of nitrogens with one attached hydrogen (secondary N) is 2. The Kier molecular flexibility index (Phi) is 5.76. The maximum atomic E-state index is 12.9. The predicted octanol–water partition coefficient (Wildman–Crippen LogP) is 3.00. The fourth-order valence-electron chi connectivity index (χ4n) is 2.82. The van der Waals surface area contributed by atoms with Crippen molar-refractivity contribution in [3.63, 3.8) is 0 Å². The van der Waals surface area contributed by atoms with Crippen LogP contribution in [0.15, 0.2) is 44.2 Å². The van der Waals surface area contributed by atoms with Gasteiger partial charge in [0.15, 0.2) is 0 Å². The largest absolute Gasteiger partial charge is 0.495 e. The van der Waals surface area contributed by atoms with Crippen LogP contribution in [0.25, 0.3) is 11.1 Å². The smallest absolute Gasteiger partial charge is 0.244 e. The monoisotopic (exact) mass is 419 g/mol. The van der Waals surface area contributed by atoms with Gasteiger partial charge in [0, 0.05) is 6.92 Å². The zero-order chi connectivity index (χ0) is 21.2. The van der Waals surface area contributed by atoms with Crippen LogP contribution in [0.4, 0.5) is 5.88 Å². The summed E-state index contributed by atoms with van der Waals surface area (Å²) in [7, 11) is -2.54. The van der Waals surface area contributed by atoms with Gasteiger partial charge in [0.1, 0.15) is 22.2 Å². The first-order chi connectivity index (χ1) is 13.7. The van der Waals surface area contributed by atoms with Crippen LogP contribution in [0.5, 0.6) is 5.75 Å². The quantitative estimate of drug-likeness (QED) is 0.603. The lowest BCUT2D eigenvalue weighted by Gasteiger charge is -2.12. The van der Waals surface area contributed by atoms with Gasteiger partial charge in [-0.05, 0) is 43.7 Å². The van der Waals surface area contributed by atoms with Crippen LogP contribution in [-0.2, 0) is 21.4 Å². The van der Waals surface area contributed by atoms with Gasteiger partial charge in [0.25, 0.3) is 0 Å². The van der Waals surface area contributed by atoms with Crippen molar-refractivity contribution in [2.75, 3.05) is 12.4 Å². The highest BCUT2D eigenvalue weighted by Gasteiger charge is 2.23. The van der Waals surface area contributed by atoms with E-state index < -0.39 is 10.0 Å². The molecule has 0 bridgehead atoms. The molecule has 9 nitrogen and oxygen atoms in total. The van der Waals surface area contributed by atoms with Gasteiger partial charge in [-0.2, -0.15) is 0 Å². The summed E-state index contributed by atoms with van der Waals surface area (Å²) in [6.07, 6.45) is 0. The fourth-order valence-corrected chi connectivity index (χ4v) is 4.01. The number of aryl methyl sites for hydroxylation is 2. The molecule has 0 saturated carbocycles. The lowest BCUT2D eigenvalue weighted by atomic mass is 10.1. The van der Waals surface area contributed by atoms with Crippen LogP contribution in [0.3, 0.4) is 0 Å². The number of furan rings is 1. The van der Waals surface area contributed by atoms with Crippen LogP contribution in [-0.4, -0.2) is 26.6 Å². The maximum Gasteiger partial charge on any atom is 0.244 e. The average Bonchev–Trinajstić information content (AvgIpc) is 3.24. The number of benzene rings is 1. The molecule has 154 valence electrons. The fraction of sp³-hybridized carbons (Fsp3) is 0.263. The molecule has 0 aliphatic heterocycles. The summed E-state index contributed by atoms with van der Waals surface area (Å²) in [6.45, 7) is 4.80. The van der Waals surface area contributed by atoms with E-state index in [2.05, 4.69) is 15.2 Å². The third kappa shape index (κ3) is 4.49. The number of methoxy groups -OCH3 is 1. The van der Waals surface area contributed by atoms with Crippen molar-refractivity contribution in [3.8, 4) is 16.9 Å². The summed E-state index contributed by atoms with van der Waals surface area (Å²) in [5, 5.41) is 6.41. The van der Waals surface area contributed by atoms with Crippen LogP contribution in [0, 0.1) is 13.8 Å². The van der Waals surface area contributed by atoms with Crippen molar-refractivity contribution in [3.05, 3.63) is 47.5 Å². The van der Waals surface area contributed by atoms with E-state index in [9.17, 15) is 13.2 Å². The predicted molar refractivity (Wildman–Crippen MR) is 105 cm³/mol. The number of hydrogen-bond acceptors (Lipinski definition) is 7. The summed E-state index contributed by atoms with van der Waals surface area (Å²) in [6, 6.07) is 8.09. The molecule has 3 rings (SSSR count). The number of carbonyl (C=O) groups excluding carboxylic acids is 1. The molecule has 0 saturated heterocycles. The third-order valence-electron chi connectivity index (χ3n) is 4.13. The number of anilines is 1. The molecule has 1 amide bonds. The zero-order valence-electron chi connectivity index (χ0n) is 16.4. The van der Waals surface area contributed by atoms with E-state index >= 15 is 0 Å². The molecule has 0 atom stereocenters. The number of carbonyl (C=O) groups is 1. The Bertz CT molecular complexity index is 1150. The molecule has 2 heterocycles. The summed E-state index contributed by atoms with van der Waals surface area (Å²) >= 11 is 0. The SMILES string of the molecule is COc1ccc(-c2c(C)noc2NC(C)=O)cc1S(=O)(=O)NCc1ccc(C)o1. The molecule has 2 N–H and O–H groups in total. The second kappa shape index (κ2) is 8.10. The second-order valence-electron chi connectivity index (χ2n) is 6.36. The average molecular weight is 419 g/mol. The first-order valence-electron chi connectivity index (χ1n) is 8.68. The van der Waals surface area contributed by atoms with E-state index in [0.717, 1.165) is 0 Å². The zero-order valence-corrected chi connectivity index (χ0v) is 17.2. The van der Waals surface area contributed by atoms with Crippen LogP contribution in [0.1, 0.15) is 24.1 Å². The molecule has 0 aliphatic rings. The number of rotatable bonds is 7. The Morgan fingerprint density at radius 1 is 1.21 bits per heavy atom. The van der Waals surface area contributed by atoms with Gasteiger partial charge in [0.2, 0.25) is 21.8 Å². The Hall–Kier alpha value is -3.11. The molecular weight excluding hydrogens is 398 g/mol. The first-order valence-corrected chi connectivity index (χ1v) is 10.2. The lowest BCUT2D eigenvalue weighted by Crippen LogP contribution is -2.23. The molecule has 1 aromatic carbocycles.